The fourth-order valence-electron chi connectivity index (χ4n) is 1.83. The van der Waals surface area contributed by atoms with Gasteiger partial charge in [-0.05, 0) is 38.5 Å². The molecule has 6 nitrogen and oxygen atoms in total. The highest BCUT2D eigenvalue weighted by Gasteiger charge is 2.23. The molecule has 6 heteroatoms. The molecule has 1 atom stereocenters. The zero-order valence-corrected chi connectivity index (χ0v) is 13.7. The molecule has 0 heterocycles. The van der Waals surface area contributed by atoms with E-state index in [2.05, 4.69) is 10.6 Å². The number of hydrogen-bond donors (Lipinski definition) is 2. The van der Waals surface area contributed by atoms with Crippen LogP contribution >= 0.6 is 0 Å². The van der Waals surface area contributed by atoms with Gasteiger partial charge in [-0.3, -0.25) is 4.79 Å². The lowest BCUT2D eigenvalue weighted by Crippen LogP contribution is -2.48. The molecule has 1 aromatic rings. The van der Waals surface area contributed by atoms with Gasteiger partial charge < -0.3 is 20.1 Å². The van der Waals surface area contributed by atoms with Gasteiger partial charge in [-0.2, -0.15) is 0 Å². The number of alkyl carbamates (subject to hydrolysis) is 1. The summed E-state index contributed by atoms with van der Waals surface area (Å²) in [4.78, 5) is 23.8. The van der Waals surface area contributed by atoms with E-state index < -0.39 is 17.7 Å². The Morgan fingerprint density at radius 1 is 1.18 bits per heavy atom. The quantitative estimate of drug-likeness (QED) is 0.870. The fourth-order valence-corrected chi connectivity index (χ4v) is 1.83. The van der Waals surface area contributed by atoms with E-state index in [9.17, 15) is 9.59 Å². The third-order valence-electron chi connectivity index (χ3n) is 2.85. The van der Waals surface area contributed by atoms with Crippen molar-refractivity contribution in [3.05, 3.63) is 29.8 Å². The highest BCUT2D eigenvalue weighted by atomic mass is 16.6. The van der Waals surface area contributed by atoms with Crippen LogP contribution in [0.3, 0.4) is 0 Å². The minimum Gasteiger partial charge on any atom is -0.497 e. The van der Waals surface area contributed by atoms with E-state index in [-0.39, 0.29) is 5.91 Å². The molecule has 0 saturated heterocycles. The summed E-state index contributed by atoms with van der Waals surface area (Å²) in [6, 6.07) is 6.62. The molecule has 0 saturated carbocycles. The Balaban J connectivity index is 2.75. The second-order valence-electron chi connectivity index (χ2n) is 5.87. The topological polar surface area (TPSA) is 76.7 Å². The molecule has 2 N–H and O–H groups in total. The average Bonchev–Trinajstić information content (AvgIpc) is 2.44. The second kappa shape index (κ2) is 7.68. The normalized spacial score (nSPS) is 12.2. The van der Waals surface area contributed by atoms with Gasteiger partial charge in [-0.15, -0.1) is 0 Å². The molecule has 0 aliphatic carbocycles. The molecule has 0 fully saturated rings. The van der Waals surface area contributed by atoms with E-state index in [1.54, 1.807) is 27.9 Å². The number of carbonyl (C=O) groups is 2. The molecule has 122 valence electrons. The Morgan fingerprint density at radius 2 is 1.77 bits per heavy atom. The van der Waals surface area contributed by atoms with Gasteiger partial charge in [0.2, 0.25) is 5.91 Å². The maximum absolute atomic E-state index is 11.9. The summed E-state index contributed by atoms with van der Waals surface area (Å²) in [6.45, 7) is 5.31. The summed E-state index contributed by atoms with van der Waals surface area (Å²) in [5.41, 5.74) is 0.294. The first-order valence-corrected chi connectivity index (χ1v) is 7.09. The molecular weight excluding hydrogens is 284 g/mol. The van der Waals surface area contributed by atoms with Crippen LogP contribution in [0.1, 0.15) is 26.3 Å². The minimum absolute atomic E-state index is 0.276. The lowest BCUT2D eigenvalue weighted by atomic mass is 10.1. The third kappa shape index (κ3) is 6.03. The van der Waals surface area contributed by atoms with E-state index in [4.69, 9.17) is 9.47 Å². The van der Waals surface area contributed by atoms with E-state index in [0.29, 0.717) is 6.42 Å². The number of methoxy groups -OCH3 is 1. The smallest absolute Gasteiger partial charge is 0.408 e. The second-order valence-corrected chi connectivity index (χ2v) is 5.87. The summed E-state index contributed by atoms with van der Waals surface area (Å²) in [7, 11) is 3.12. The van der Waals surface area contributed by atoms with Crippen molar-refractivity contribution < 1.29 is 19.1 Å². The summed E-state index contributed by atoms with van der Waals surface area (Å²) in [5, 5.41) is 5.14. The number of amides is 2. The van der Waals surface area contributed by atoms with Crippen LogP contribution in [0.5, 0.6) is 5.75 Å². The van der Waals surface area contributed by atoms with Crippen LogP contribution < -0.4 is 15.4 Å². The van der Waals surface area contributed by atoms with Crippen LogP contribution in [-0.4, -0.2) is 37.8 Å². The van der Waals surface area contributed by atoms with Crippen molar-refractivity contribution in [1.29, 1.82) is 0 Å². The van der Waals surface area contributed by atoms with Gasteiger partial charge in [0.15, 0.2) is 0 Å². The first-order chi connectivity index (χ1) is 10.2. The van der Waals surface area contributed by atoms with E-state index in [0.717, 1.165) is 11.3 Å². The molecule has 0 radical (unpaired) electrons. The molecule has 1 unspecified atom stereocenters. The molecule has 1 aromatic carbocycles. The van der Waals surface area contributed by atoms with E-state index >= 15 is 0 Å². The summed E-state index contributed by atoms with van der Waals surface area (Å²) < 4.78 is 10.3. The lowest BCUT2D eigenvalue weighted by molar-refractivity contribution is -0.122. The predicted molar refractivity (Wildman–Crippen MR) is 83.9 cm³/mol. The van der Waals surface area contributed by atoms with Crippen molar-refractivity contribution in [1.82, 2.24) is 10.6 Å². The molecule has 0 aliphatic heterocycles. The fraction of sp³-hybridized carbons (Fsp3) is 0.500. The number of benzene rings is 1. The predicted octanol–water partition coefficient (Wildman–Crippen LogP) is 1.88. The number of hydrogen-bond acceptors (Lipinski definition) is 4. The van der Waals surface area contributed by atoms with Crippen LogP contribution in [0.4, 0.5) is 4.79 Å². The highest BCUT2D eigenvalue weighted by Crippen LogP contribution is 2.13. The van der Waals surface area contributed by atoms with Crippen molar-refractivity contribution >= 4 is 12.0 Å². The summed E-state index contributed by atoms with van der Waals surface area (Å²) in [5.74, 6) is 0.460. The number of nitrogens with one attached hydrogen (secondary N) is 2. The van der Waals surface area contributed by atoms with E-state index in [1.165, 1.54) is 7.05 Å². The molecule has 0 bridgehead atoms. The van der Waals surface area contributed by atoms with Gasteiger partial charge in [0.1, 0.15) is 17.4 Å². The van der Waals surface area contributed by atoms with E-state index in [1.807, 2.05) is 24.3 Å². The number of carbonyl (C=O) groups excluding carboxylic acids is 2. The zero-order chi connectivity index (χ0) is 16.8. The minimum atomic E-state index is -0.701. The molecule has 1 rings (SSSR count). The lowest BCUT2D eigenvalue weighted by Gasteiger charge is -2.23. The SMILES string of the molecule is CNC(=O)C(Cc1ccc(OC)cc1)NC(=O)OC(C)(C)C. The largest absolute Gasteiger partial charge is 0.497 e. The summed E-state index contributed by atoms with van der Waals surface area (Å²) in [6.07, 6.45) is -0.252. The van der Waals surface area contributed by atoms with Crippen molar-refractivity contribution in [2.75, 3.05) is 14.2 Å². The molecule has 0 aliphatic rings. The standard InChI is InChI=1S/C16H24N2O4/c1-16(2,3)22-15(20)18-13(14(19)17-4)10-11-6-8-12(21-5)9-7-11/h6-9,13H,10H2,1-5H3,(H,17,19)(H,18,20). The molecule has 2 amide bonds. The molecule has 0 spiro atoms. The molecule has 22 heavy (non-hydrogen) atoms. The number of likely N-dealkylation sites (N-methyl/N-ethyl adjacent to an activating group) is 1. The van der Waals surface area contributed by atoms with Crippen molar-refractivity contribution in [2.24, 2.45) is 0 Å². The van der Waals surface area contributed by atoms with Gasteiger partial charge in [0, 0.05) is 13.5 Å². The maximum Gasteiger partial charge on any atom is 0.408 e. The van der Waals surface area contributed by atoms with Crippen LogP contribution in [-0.2, 0) is 16.0 Å². The Labute approximate surface area is 131 Å². The number of rotatable bonds is 5. The van der Waals surface area contributed by atoms with Crippen LogP contribution in [0, 0.1) is 0 Å². The van der Waals surface area contributed by atoms with Crippen molar-refractivity contribution in [3.63, 3.8) is 0 Å². The first kappa shape index (κ1) is 17.8. The highest BCUT2D eigenvalue weighted by molar-refractivity contribution is 5.85. The molecule has 0 aromatic heterocycles. The number of ether oxygens (including phenoxy) is 2. The van der Waals surface area contributed by atoms with Gasteiger partial charge >= 0.3 is 6.09 Å². The van der Waals surface area contributed by atoms with Gasteiger partial charge in [0.25, 0.3) is 0 Å². The monoisotopic (exact) mass is 308 g/mol. The summed E-state index contributed by atoms with van der Waals surface area (Å²) >= 11 is 0. The average molecular weight is 308 g/mol. The Bertz CT molecular complexity index is 506. The maximum atomic E-state index is 11.9. The Kier molecular flexibility index (Phi) is 6.22. The third-order valence-corrected chi connectivity index (χ3v) is 2.85. The molecular formula is C16H24N2O4. The van der Waals surface area contributed by atoms with Crippen molar-refractivity contribution in [3.8, 4) is 5.75 Å². The van der Waals surface area contributed by atoms with Gasteiger partial charge in [0.05, 0.1) is 7.11 Å². The Morgan fingerprint density at radius 3 is 2.23 bits per heavy atom. The van der Waals surface area contributed by atoms with Crippen LogP contribution in [0.2, 0.25) is 0 Å². The van der Waals surface area contributed by atoms with Crippen LogP contribution in [0.15, 0.2) is 24.3 Å². The zero-order valence-electron chi connectivity index (χ0n) is 13.7. The van der Waals surface area contributed by atoms with Crippen LogP contribution in [0.25, 0.3) is 0 Å². The van der Waals surface area contributed by atoms with Gasteiger partial charge in [-0.25, -0.2) is 4.79 Å². The van der Waals surface area contributed by atoms with Gasteiger partial charge in [-0.1, -0.05) is 12.1 Å². The first-order valence-electron chi connectivity index (χ1n) is 7.09. The Hall–Kier alpha value is -2.24. The van der Waals surface area contributed by atoms with Crippen molar-refractivity contribution in [2.45, 2.75) is 38.8 Å².